The molecular formula is C13H10ClN3O3. The zero-order valence-electron chi connectivity index (χ0n) is 10.2. The standard InChI is InChI=1S/C13H10ClN3O3/c14-9-3-4-10(8(6-9)2-1-5-18)16-12(19)11-7-15-13(20)17-11/h3-4,6-7,18H,5H2,(H,16,19)(H2,15,17,20). The minimum atomic E-state index is -0.488. The number of anilines is 1. The molecule has 0 saturated carbocycles. The zero-order valence-corrected chi connectivity index (χ0v) is 10.9. The predicted octanol–water partition coefficient (Wildman–Crippen LogP) is 0.952. The van der Waals surface area contributed by atoms with Gasteiger partial charge in [-0.25, -0.2) is 4.79 Å². The zero-order chi connectivity index (χ0) is 14.5. The Morgan fingerprint density at radius 3 is 2.90 bits per heavy atom. The van der Waals surface area contributed by atoms with E-state index in [-0.39, 0.29) is 12.3 Å². The van der Waals surface area contributed by atoms with Crippen molar-refractivity contribution in [2.45, 2.75) is 0 Å². The van der Waals surface area contributed by atoms with E-state index in [0.717, 1.165) is 0 Å². The first-order valence-electron chi connectivity index (χ1n) is 5.58. The average molecular weight is 292 g/mol. The normalized spacial score (nSPS) is 9.70. The SMILES string of the molecule is O=C(Nc1ccc(Cl)cc1C#CCO)c1c[nH]c(=O)[nH]1. The van der Waals surface area contributed by atoms with Crippen molar-refractivity contribution in [3.05, 3.63) is 51.2 Å². The van der Waals surface area contributed by atoms with Crippen molar-refractivity contribution in [2.24, 2.45) is 0 Å². The smallest absolute Gasteiger partial charge is 0.323 e. The quantitative estimate of drug-likeness (QED) is 0.620. The summed E-state index contributed by atoms with van der Waals surface area (Å²) >= 11 is 5.86. The van der Waals surface area contributed by atoms with Crippen LogP contribution in [0.2, 0.25) is 5.02 Å². The average Bonchev–Trinajstić information content (AvgIpc) is 2.85. The van der Waals surface area contributed by atoms with Gasteiger partial charge in [0.05, 0.1) is 5.69 Å². The molecule has 6 nitrogen and oxygen atoms in total. The Morgan fingerprint density at radius 1 is 1.45 bits per heavy atom. The lowest BCUT2D eigenvalue weighted by molar-refractivity contribution is 0.102. The van der Waals surface area contributed by atoms with E-state index < -0.39 is 11.6 Å². The summed E-state index contributed by atoms with van der Waals surface area (Å²) in [6.07, 6.45) is 1.27. The Bertz CT molecular complexity index is 752. The van der Waals surface area contributed by atoms with Crippen molar-refractivity contribution in [3.8, 4) is 11.8 Å². The molecule has 0 saturated heterocycles. The second kappa shape index (κ2) is 6.10. The molecule has 1 heterocycles. The Balaban J connectivity index is 2.29. The predicted molar refractivity (Wildman–Crippen MR) is 74.8 cm³/mol. The van der Waals surface area contributed by atoms with Gasteiger partial charge >= 0.3 is 5.69 Å². The molecule has 0 bridgehead atoms. The van der Waals surface area contributed by atoms with E-state index in [4.69, 9.17) is 16.7 Å². The molecule has 102 valence electrons. The molecule has 0 fully saturated rings. The van der Waals surface area contributed by atoms with Crippen molar-refractivity contribution in [2.75, 3.05) is 11.9 Å². The fraction of sp³-hybridized carbons (Fsp3) is 0.0769. The van der Waals surface area contributed by atoms with Gasteiger partial charge in [-0.2, -0.15) is 0 Å². The number of amides is 1. The number of hydrogen-bond donors (Lipinski definition) is 4. The van der Waals surface area contributed by atoms with Crippen LogP contribution in [0.4, 0.5) is 5.69 Å². The molecule has 20 heavy (non-hydrogen) atoms. The lowest BCUT2D eigenvalue weighted by atomic mass is 10.1. The van der Waals surface area contributed by atoms with Crippen LogP contribution in [0.5, 0.6) is 0 Å². The third-order valence-electron chi connectivity index (χ3n) is 2.37. The van der Waals surface area contributed by atoms with Crippen LogP contribution in [-0.4, -0.2) is 27.6 Å². The Kier molecular flexibility index (Phi) is 4.25. The highest BCUT2D eigenvalue weighted by Crippen LogP contribution is 2.20. The van der Waals surface area contributed by atoms with Crippen molar-refractivity contribution in [1.82, 2.24) is 9.97 Å². The number of H-pyrrole nitrogens is 2. The van der Waals surface area contributed by atoms with Gasteiger partial charge in [0.15, 0.2) is 0 Å². The molecule has 4 N–H and O–H groups in total. The molecule has 7 heteroatoms. The molecule has 0 radical (unpaired) electrons. The first kappa shape index (κ1) is 13.9. The summed E-state index contributed by atoms with van der Waals surface area (Å²) in [6, 6.07) is 4.76. The number of halogens is 1. The molecule has 2 aromatic rings. The molecule has 1 aromatic heterocycles. The van der Waals surface area contributed by atoms with Crippen LogP contribution in [0, 0.1) is 11.8 Å². The van der Waals surface area contributed by atoms with Gasteiger partial charge in [-0.3, -0.25) is 4.79 Å². The topological polar surface area (TPSA) is 98.0 Å². The fourth-order valence-electron chi connectivity index (χ4n) is 1.51. The number of aromatic nitrogens is 2. The number of carbonyl (C=O) groups excluding carboxylic acids is 1. The van der Waals surface area contributed by atoms with E-state index in [1.165, 1.54) is 6.20 Å². The maximum atomic E-state index is 11.9. The number of benzene rings is 1. The van der Waals surface area contributed by atoms with Gasteiger partial charge in [-0.15, -0.1) is 0 Å². The van der Waals surface area contributed by atoms with Gasteiger partial charge in [0, 0.05) is 16.8 Å². The second-order valence-corrected chi connectivity index (χ2v) is 4.20. The first-order chi connectivity index (χ1) is 9.60. The second-order valence-electron chi connectivity index (χ2n) is 3.76. The lowest BCUT2D eigenvalue weighted by Gasteiger charge is -2.06. The maximum absolute atomic E-state index is 11.9. The van der Waals surface area contributed by atoms with Crippen LogP contribution < -0.4 is 11.0 Å². The summed E-state index contributed by atoms with van der Waals surface area (Å²) in [7, 11) is 0. The number of aliphatic hydroxyl groups is 1. The van der Waals surface area contributed by atoms with Gasteiger partial charge in [-0.05, 0) is 18.2 Å². The number of aromatic amines is 2. The molecule has 0 aliphatic rings. The van der Waals surface area contributed by atoms with Crippen LogP contribution in [0.25, 0.3) is 0 Å². The summed E-state index contributed by atoms with van der Waals surface area (Å²) in [6.45, 7) is -0.301. The molecule has 0 aliphatic carbocycles. The molecular weight excluding hydrogens is 282 g/mol. The first-order valence-corrected chi connectivity index (χ1v) is 5.96. The maximum Gasteiger partial charge on any atom is 0.323 e. The van der Waals surface area contributed by atoms with E-state index >= 15 is 0 Å². The molecule has 2 rings (SSSR count). The molecule has 0 unspecified atom stereocenters. The molecule has 0 spiro atoms. The summed E-state index contributed by atoms with van der Waals surface area (Å²) in [5.74, 6) is 4.68. The van der Waals surface area contributed by atoms with Crippen LogP contribution >= 0.6 is 11.6 Å². The molecule has 1 aromatic carbocycles. The van der Waals surface area contributed by atoms with Gasteiger partial charge in [0.25, 0.3) is 5.91 Å². The largest absolute Gasteiger partial charge is 0.384 e. The molecule has 0 aliphatic heterocycles. The van der Waals surface area contributed by atoms with E-state index in [0.29, 0.717) is 16.3 Å². The third kappa shape index (κ3) is 3.29. The van der Waals surface area contributed by atoms with Gasteiger partial charge in [-0.1, -0.05) is 23.4 Å². The third-order valence-corrected chi connectivity index (χ3v) is 2.61. The highest BCUT2D eigenvalue weighted by Gasteiger charge is 2.10. The molecule has 0 atom stereocenters. The summed E-state index contributed by atoms with van der Waals surface area (Å²) < 4.78 is 0. The van der Waals surface area contributed by atoms with Crippen molar-refractivity contribution < 1.29 is 9.90 Å². The fourth-order valence-corrected chi connectivity index (χ4v) is 1.68. The minimum absolute atomic E-state index is 0.103. The van der Waals surface area contributed by atoms with Crippen molar-refractivity contribution >= 4 is 23.2 Å². The summed E-state index contributed by atoms with van der Waals surface area (Å²) in [5.41, 5.74) is 0.540. The lowest BCUT2D eigenvalue weighted by Crippen LogP contribution is -2.14. The van der Waals surface area contributed by atoms with Crippen LogP contribution in [0.3, 0.4) is 0 Å². The van der Waals surface area contributed by atoms with Gasteiger partial charge in [0.1, 0.15) is 12.3 Å². The monoisotopic (exact) mass is 291 g/mol. The van der Waals surface area contributed by atoms with Gasteiger partial charge in [0.2, 0.25) is 0 Å². The Labute approximate surface area is 118 Å². The van der Waals surface area contributed by atoms with E-state index in [9.17, 15) is 9.59 Å². The van der Waals surface area contributed by atoms with Crippen molar-refractivity contribution in [3.63, 3.8) is 0 Å². The summed E-state index contributed by atoms with van der Waals surface area (Å²) in [4.78, 5) is 27.5. The number of aliphatic hydroxyl groups excluding tert-OH is 1. The highest BCUT2D eigenvalue weighted by molar-refractivity contribution is 6.30. The highest BCUT2D eigenvalue weighted by atomic mass is 35.5. The number of hydrogen-bond acceptors (Lipinski definition) is 3. The number of rotatable bonds is 2. The number of imidazole rings is 1. The summed E-state index contributed by atoms with van der Waals surface area (Å²) in [5, 5.41) is 11.8. The van der Waals surface area contributed by atoms with Crippen LogP contribution in [0.15, 0.2) is 29.2 Å². The van der Waals surface area contributed by atoms with Crippen molar-refractivity contribution in [1.29, 1.82) is 0 Å². The van der Waals surface area contributed by atoms with Crippen LogP contribution in [-0.2, 0) is 0 Å². The number of nitrogens with one attached hydrogen (secondary N) is 3. The minimum Gasteiger partial charge on any atom is -0.384 e. The Morgan fingerprint density at radius 2 is 2.25 bits per heavy atom. The van der Waals surface area contributed by atoms with E-state index in [1.54, 1.807) is 18.2 Å². The van der Waals surface area contributed by atoms with Crippen LogP contribution in [0.1, 0.15) is 16.1 Å². The van der Waals surface area contributed by atoms with E-state index in [2.05, 4.69) is 27.1 Å². The van der Waals surface area contributed by atoms with Gasteiger partial charge < -0.3 is 20.4 Å². The van der Waals surface area contributed by atoms with E-state index in [1.807, 2.05) is 0 Å². The number of carbonyl (C=O) groups is 1. The molecule has 1 amide bonds. The Hall–Kier alpha value is -2.49.